The molecule has 29 heavy (non-hydrogen) atoms. The number of aromatic nitrogens is 2. The van der Waals surface area contributed by atoms with Crippen molar-refractivity contribution in [2.45, 2.75) is 4.34 Å². The maximum Gasteiger partial charge on any atom is 0.269 e. The lowest BCUT2D eigenvalue weighted by Gasteiger charge is -2.04. The van der Waals surface area contributed by atoms with E-state index in [1.54, 1.807) is 24.3 Å². The van der Waals surface area contributed by atoms with E-state index in [9.17, 15) is 19.7 Å². The Morgan fingerprint density at radius 1 is 1.14 bits per heavy atom. The van der Waals surface area contributed by atoms with Gasteiger partial charge in [-0.25, -0.2) is 0 Å². The van der Waals surface area contributed by atoms with E-state index in [2.05, 4.69) is 20.8 Å². The van der Waals surface area contributed by atoms with Gasteiger partial charge in [0.05, 0.1) is 10.7 Å². The van der Waals surface area contributed by atoms with Crippen LogP contribution in [-0.4, -0.2) is 32.7 Å². The summed E-state index contributed by atoms with van der Waals surface area (Å²) >= 11 is 8.16. The van der Waals surface area contributed by atoms with Crippen LogP contribution in [0.4, 0.5) is 16.5 Å². The molecule has 0 saturated heterocycles. The number of hydrogen-bond acceptors (Lipinski definition) is 8. The quantitative estimate of drug-likeness (QED) is 0.240. The number of amides is 2. The Labute approximate surface area is 177 Å². The van der Waals surface area contributed by atoms with Gasteiger partial charge < -0.3 is 5.32 Å². The predicted octanol–water partition coefficient (Wildman–Crippen LogP) is 4.08. The molecule has 0 atom stereocenters. The van der Waals surface area contributed by atoms with Crippen LogP contribution in [0.5, 0.6) is 0 Å². The van der Waals surface area contributed by atoms with Gasteiger partial charge in [0.25, 0.3) is 11.6 Å². The van der Waals surface area contributed by atoms with Crippen molar-refractivity contribution >= 4 is 63.0 Å². The topological polar surface area (TPSA) is 127 Å². The van der Waals surface area contributed by atoms with Gasteiger partial charge in [0.15, 0.2) is 4.34 Å². The first kappa shape index (κ1) is 20.7. The van der Waals surface area contributed by atoms with E-state index >= 15 is 0 Å². The van der Waals surface area contributed by atoms with Gasteiger partial charge in [-0.3, -0.25) is 25.0 Å². The van der Waals surface area contributed by atoms with Gasteiger partial charge in [0.2, 0.25) is 11.0 Å². The zero-order chi connectivity index (χ0) is 20.8. The second kappa shape index (κ2) is 9.45. The number of nitro groups is 1. The minimum absolute atomic E-state index is 0.104. The summed E-state index contributed by atoms with van der Waals surface area (Å²) in [5, 5.41) is 24.5. The summed E-state index contributed by atoms with van der Waals surface area (Å²) in [5.74, 6) is -0.590. The molecule has 2 aromatic carbocycles. The van der Waals surface area contributed by atoms with Gasteiger partial charge in [0, 0.05) is 28.4 Å². The Morgan fingerprint density at radius 3 is 2.59 bits per heavy atom. The van der Waals surface area contributed by atoms with Crippen molar-refractivity contribution in [1.82, 2.24) is 10.2 Å². The summed E-state index contributed by atoms with van der Waals surface area (Å²) in [6.07, 6.45) is 0. The molecule has 1 heterocycles. The van der Waals surface area contributed by atoms with Crippen molar-refractivity contribution in [3.63, 3.8) is 0 Å². The van der Waals surface area contributed by atoms with Gasteiger partial charge in [-0.05, 0) is 30.3 Å². The molecule has 1 aromatic heterocycles. The van der Waals surface area contributed by atoms with Crippen molar-refractivity contribution in [2.75, 3.05) is 16.4 Å². The highest BCUT2D eigenvalue weighted by atomic mass is 35.5. The molecule has 0 aliphatic carbocycles. The minimum atomic E-state index is -0.543. The van der Waals surface area contributed by atoms with E-state index in [4.69, 9.17) is 11.6 Å². The summed E-state index contributed by atoms with van der Waals surface area (Å²) in [6.45, 7) is 0. The molecule has 0 fully saturated rings. The van der Waals surface area contributed by atoms with E-state index in [1.165, 1.54) is 36.0 Å². The number of nitrogens with zero attached hydrogens (tertiary/aromatic N) is 3. The number of carbonyl (C=O) groups is 2. The standard InChI is InChI=1S/C17H12ClN5O4S2/c18-11-2-1-3-12(8-11)19-14(24)9-28-17-22-21-16(29-17)20-15(25)10-4-6-13(7-5-10)23(26)27/h1-8H,9H2,(H,19,24)(H,20,21,25). The van der Waals surface area contributed by atoms with Crippen molar-refractivity contribution < 1.29 is 14.5 Å². The molecule has 0 saturated carbocycles. The van der Waals surface area contributed by atoms with Crippen molar-refractivity contribution in [2.24, 2.45) is 0 Å². The molecule has 0 aliphatic rings. The summed E-state index contributed by atoms with van der Waals surface area (Å²) in [6, 6.07) is 12.0. The molecule has 0 spiro atoms. The van der Waals surface area contributed by atoms with E-state index in [0.717, 1.165) is 11.3 Å². The molecule has 0 unspecified atom stereocenters. The molecule has 9 nitrogen and oxygen atoms in total. The lowest BCUT2D eigenvalue weighted by atomic mass is 10.2. The van der Waals surface area contributed by atoms with E-state index in [0.29, 0.717) is 15.0 Å². The van der Waals surface area contributed by atoms with Crippen LogP contribution < -0.4 is 10.6 Å². The molecule has 0 radical (unpaired) electrons. The Morgan fingerprint density at radius 2 is 1.90 bits per heavy atom. The smallest absolute Gasteiger partial charge is 0.269 e. The molecule has 0 aliphatic heterocycles. The molecule has 2 amide bonds. The lowest BCUT2D eigenvalue weighted by molar-refractivity contribution is -0.384. The minimum Gasteiger partial charge on any atom is -0.325 e. The summed E-state index contributed by atoms with van der Waals surface area (Å²) in [4.78, 5) is 34.3. The summed E-state index contributed by atoms with van der Waals surface area (Å²) in [7, 11) is 0. The Bertz CT molecular complexity index is 1060. The molecule has 3 rings (SSSR count). The average molecular weight is 450 g/mol. The summed E-state index contributed by atoms with van der Waals surface area (Å²) < 4.78 is 0.505. The maximum atomic E-state index is 12.2. The average Bonchev–Trinajstić information content (AvgIpc) is 3.14. The number of nitrogens with one attached hydrogen (secondary N) is 2. The molecule has 12 heteroatoms. The normalized spacial score (nSPS) is 10.4. The number of thioether (sulfide) groups is 1. The maximum absolute atomic E-state index is 12.2. The SMILES string of the molecule is O=C(CSc1nnc(NC(=O)c2ccc([N+](=O)[O-])cc2)s1)Nc1cccc(Cl)c1. The van der Waals surface area contributed by atoms with Crippen LogP contribution >= 0.6 is 34.7 Å². The van der Waals surface area contributed by atoms with E-state index in [-0.39, 0.29) is 28.0 Å². The third-order valence-corrected chi connectivity index (χ3v) is 5.61. The highest BCUT2D eigenvalue weighted by Gasteiger charge is 2.13. The number of halogens is 1. The Kier molecular flexibility index (Phi) is 6.75. The number of hydrogen-bond donors (Lipinski definition) is 2. The number of non-ortho nitro benzene ring substituents is 1. The van der Waals surface area contributed by atoms with Gasteiger partial charge in [-0.15, -0.1) is 10.2 Å². The molecule has 0 bridgehead atoms. The van der Waals surface area contributed by atoms with E-state index in [1.807, 2.05) is 0 Å². The molecule has 3 aromatic rings. The zero-order valence-corrected chi connectivity index (χ0v) is 16.9. The second-order valence-electron chi connectivity index (χ2n) is 5.48. The monoisotopic (exact) mass is 449 g/mol. The second-order valence-corrected chi connectivity index (χ2v) is 8.11. The number of nitro benzene ring substituents is 1. The van der Waals surface area contributed by atoms with Crippen LogP contribution in [0.2, 0.25) is 5.02 Å². The van der Waals surface area contributed by atoms with Crippen LogP contribution in [0, 0.1) is 10.1 Å². The number of carbonyl (C=O) groups excluding carboxylic acids is 2. The molecule has 2 N–H and O–H groups in total. The first-order chi connectivity index (χ1) is 13.9. The first-order valence-electron chi connectivity index (χ1n) is 7.98. The van der Waals surface area contributed by atoms with Crippen molar-refractivity contribution in [3.8, 4) is 0 Å². The molecular weight excluding hydrogens is 438 g/mol. The number of benzene rings is 2. The van der Waals surface area contributed by atoms with E-state index < -0.39 is 10.8 Å². The number of anilines is 2. The third-order valence-electron chi connectivity index (χ3n) is 3.40. The van der Waals surface area contributed by atoms with Gasteiger partial charge in [0.1, 0.15) is 0 Å². The van der Waals surface area contributed by atoms with Crippen LogP contribution in [0.1, 0.15) is 10.4 Å². The van der Waals surface area contributed by atoms with Gasteiger partial charge in [-0.1, -0.05) is 40.8 Å². The largest absolute Gasteiger partial charge is 0.325 e. The Hall–Kier alpha value is -3.02. The van der Waals surface area contributed by atoms with Crippen LogP contribution in [-0.2, 0) is 4.79 Å². The van der Waals surface area contributed by atoms with Crippen LogP contribution in [0.15, 0.2) is 52.9 Å². The predicted molar refractivity (Wildman–Crippen MR) is 112 cm³/mol. The lowest BCUT2D eigenvalue weighted by Crippen LogP contribution is -2.13. The number of rotatable bonds is 7. The third kappa shape index (κ3) is 5.98. The molecular formula is C17H12ClN5O4S2. The van der Waals surface area contributed by atoms with Gasteiger partial charge >= 0.3 is 0 Å². The first-order valence-corrected chi connectivity index (χ1v) is 10.2. The van der Waals surface area contributed by atoms with Crippen LogP contribution in [0.3, 0.4) is 0 Å². The fourth-order valence-corrected chi connectivity index (χ4v) is 3.85. The van der Waals surface area contributed by atoms with Crippen molar-refractivity contribution in [1.29, 1.82) is 0 Å². The summed E-state index contributed by atoms with van der Waals surface area (Å²) in [5.41, 5.74) is 0.740. The van der Waals surface area contributed by atoms with Crippen molar-refractivity contribution in [3.05, 3.63) is 69.2 Å². The zero-order valence-electron chi connectivity index (χ0n) is 14.5. The highest BCUT2D eigenvalue weighted by Crippen LogP contribution is 2.26. The van der Waals surface area contributed by atoms with Gasteiger partial charge in [-0.2, -0.15) is 0 Å². The highest BCUT2D eigenvalue weighted by molar-refractivity contribution is 8.01. The van der Waals surface area contributed by atoms with Crippen LogP contribution in [0.25, 0.3) is 0 Å². The fraction of sp³-hybridized carbons (Fsp3) is 0.0588. The molecule has 148 valence electrons. The Balaban J connectivity index is 1.51. The fourth-order valence-electron chi connectivity index (χ4n) is 2.11.